The Labute approximate surface area is 92.8 Å². The summed E-state index contributed by atoms with van der Waals surface area (Å²) in [5.41, 5.74) is 0. The largest absolute Gasteiger partial charge is 0.291 e. The lowest BCUT2D eigenvalue weighted by molar-refractivity contribution is 0.307. The van der Waals surface area contributed by atoms with Crippen molar-refractivity contribution in [2.45, 2.75) is 26.7 Å². The average Bonchev–Trinajstić information content (AvgIpc) is 2.18. The minimum absolute atomic E-state index is 0.207. The SMILES string of the molecule is CCCN(CC#N)CCCS(=O)(=O)CC. The second kappa shape index (κ2) is 7.66. The topological polar surface area (TPSA) is 61.2 Å². The molecule has 0 aliphatic rings. The summed E-state index contributed by atoms with van der Waals surface area (Å²) in [6, 6.07) is 2.09. The van der Waals surface area contributed by atoms with Crippen molar-refractivity contribution in [2.24, 2.45) is 0 Å². The highest BCUT2D eigenvalue weighted by Gasteiger charge is 2.09. The molecular formula is C10H20N2O2S. The first-order valence-corrected chi connectivity index (χ1v) is 7.17. The Kier molecular flexibility index (Phi) is 7.35. The van der Waals surface area contributed by atoms with Crippen LogP contribution in [0.3, 0.4) is 0 Å². The highest BCUT2D eigenvalue weighted by molar-refractivity contribution is 7.91. The van der Waals surface area contributed by atoms with Crippen LogP contribution in [-0.4, -0.2) is 44.5 Å². The van der Waals surface area contributed by atoms with Gasteiger partial charge in [-0.05, 0) is 19.4 Å². The highest BCUT2D eigenvalue weighted by atomic mass is 32.2. The van der Waals surface area contributed by atoms with Crippen molar-refractivity contribution in [3.05, 3.63) is 0 Å². The molecule has 0 fully saturated rings. The standard InChI is InChI=1S/C10H20N2O2S/c1-3-7-12(9-6-11)8-5-10-15(13,14)4-2/h3-5,7-10H2,1-2H3. The predicted molar refractivity (Wildman–Crippen MR) is 61.3 cm³/mol. The van der Waals surface area contributed by atoms with Gasteiger partial charge in [-0.3, -0.25) is 4.90 Å². The van der Waals surface area contributed by atoms with Crippen LogP contribution in [0.2, 0.25) is 0 Å². The van der Waals surface area contributed by atoms with Crippen LogP contribution in [0.4, 0.5) is 0 Å². The molecule has 0 heterocycles. The molecular weight excluding hydrogens is 212 g/mol. The van der Waals surface area contributed by atoms with Gasteiger partial charge in [-0.15, -0.1) is 0 Å². The summed E-state index contributed by atoms with van der Waals surface area (Å²) in [7, 11) is -2.85. The molecule has 0 bridgehead atoms. The van der Waals surface area contributed by atoms with Gasteiger partial charge in [0.15, 0.2) is 0 Å². The molecule has 0 unspecified atom stereocenters. The lowest BCUT2D eigenvalue weighted by Gasteiger charge is -2.17. The van der Waals surface area contributed by atoms with E-state index < -0.39 is 9.84 Å². The number of hydrogen-bond donors (Lipinski definition) is 0. The Morgan fingerprint density at radius 3 is 2.40 bits per heavy atom. The van der Waals surface area contributed by atoms with E-state index in [1.54, 1.807) is 6.92 Å². The fraction of sp³-hybridized carbons (Fsp3) is 0.900. The van der Waals surface area contributed by atoms with Gasteiger partial charge in [-0.25, -0.2) is 8.42 Å². The molecule has 0 saturated carbocycles. The minimum atomic E-state index is -2.85. The van der Waals surface area contributed by atoms with Gasteiger partial charge in [0.25, 0.3) is 0 Å². The van der Waals surface area contributed by atoms with Crippen molar-refractivity contribution < 1.29 is 8.42 Å². The normalized spacial score (nSPS) is 11.6. The molecule has 5 heteroatoms. The van der Waals surface area contributed by atoms with E-state index in [-0.39, 0.29) is 11.5 Å². The molecule has 88 valence electrons. The second-order valence-corrected chi connectivity index (χ2v) is 6.00. The molecule has 0 saturated heterocycles. The summed E-state index contributed by atoms with van der Waals surface area (Å²) in [6.07, 6.45) is 1.61. The predicted octanol–water partition coefficient (Wildman–Crippen LogP) is 1.05. The van der Waals surface area contributed by atoms with Crippen LogP contribution in [-0.2, 0) is 9.84 Å². The molecule has 0 N–H and O–H groups in total. The summed E-state index contributed by atoms with van der Waals surface area (Å²) in [6.45, 7) is 5.65. The molecule has 0 amide bonds. The van der Waals surface area contributed by atoms with Crippen LogP contribution >= 0.6 is 0 Å². The van der Waals surface area contributed by atoms with Crippen LogP contribution in [0.1, 0.15) is 26.7 Å². The molecule has 0 aliphatic heterocycles. The maximum atomic E-state index is 11.2. The van der Waals surface area contributed by atoms with Gasteiger partial charge < -0.3 is 0 Å². The Morgan fingerprint density at radius 2 is 1.93 bits per heavy atom. The molecule has 0 spiro atoms. The van der Waals surface area contributed by atoms with E-state index in [1.807, 2.05) is 11.8 Å². The number of nitrogens with zero attached hydrogens (tertiary/aromatic N) is 2. The van der Waals surface area contributed by atoms with Crippen LogP contribution in [0.15, 0.2) is 0 Å². The summed E-state index contributed by atoms with van der Waals surface area (Å²) in [4.78, 5) is 1.99. The molecule has 15 heavy (non-hydrogen) atoms. The maximum absolute atomic E-state index is 11.2. The van der Waals surface area contributed by atoms with Crippen molar-refractivity contribution >= 4 is 9.84 Å². The molecule has 0 aromatic carbocycles. The maximum Gasteiger partial charge on any atom is 0.150 e. The Hall–Kier alpha value is -0.600. The van der Waals surface area contributed by atoms with Crippen LogP contribution in [0, 0.1) is 11.3 Å². The Balaban J connectivity index is 3.86. The third-order valence-electron chi connectivity index (χ3n) is 2.20. The lowest BCUT2D eigenvalue weighted by atomic mass is 10.3. The van der Waals surface area contributed by atoms with Crippen molar-refractivity contribution in [1.82, 2.24) is 4.90 Å². The van der Waals surface area contributed by atoms with Crippen molar-refractivity contribution in [1.29, 1.82) is 5.26 Å². The fourth-order valence-electron chi connectivity index (χ4n) is 1.34. The Bertz CT molecular complexity index is 293. The van der Waals surface area contributed by atoms with E-state index in [2.05, 4.69) is 6.07 Å². The van der Waals surface area contributed by atoms with Crippen LogP contribution < -0.4 is 0 Å². The van der Waals surface area contributed by atoms with Crippen molar-refractivity contribution in [3.63, 3.8) is 0 Å². The molecule has 0 radical (unpaired) electrons. The van der Waals surface area contributed by atoms with Crippen molar-refractivity contribution in [3.8, 4) is 6.07 Å². The van der Waals surface area contributed by atoms with E-state index >= 15 is 0 Å². The van der Waals surface area contributed by atoms with E-state index in [9.17, 15) is 8.42 Å². The summed E-state index contributed by atoms with van der Waals surface area (Å²) >= 11 is 0. The Morgan fingerprint density at radius 1 is 1.27 bits per heavy atom. The molecule has 0 rings (SSSR count). The van der Waals surface area contributed by atoms with Gasteiger partial charge >= 0.3 is 0 Å². The zero-order valence-electron chi connectivity index (χ0n) is 9.57. The molecule has 4 nitrogen and oxygen atoms in total. The summed E-state index contributed by atoms with van der Waals surface area (Å²) in [5, 5.41) is 8.56. The first kappa shape index (κ1) is 14.4. The summed E-state index contributed by atoms with van der Waals surface area (Å²) < 4.78 is 22.4. The zero-order chi connectivity index (χ0) is 11.7. The number of hydrogen-bond acceptors (Lipinski definition) is 4. The first-order chi connectivity index (χ1) is 7.05. The van der Waals surface area contributed by atoms with E-state index in [0.29, 0.717) is 19.5 Å². The van der Waals surface area contributed by atoms with Gasteiger partial charge in [-0.2, -0.15) is 5.26 Å². The number of rotatable bonds is 8. The molecule has 0 atom stereocenters. The highest BCUT2D eigenvalue weighted by Crippen LogP contribution is 1.98. The van der Waals surface area contributed by atoms with Gasteiger partial charge in [0.2, 0.25) is 0 Å². The second-order valence-electron chi connectivity index (χ2n) is 3.52. The van der Waals surface area contributed by atoms with Crippen molar-refractivity contribution in [2.75, 3.05) is 31.1 Å². The first-order valence-electron chi connectivity index (χ1n) is 5.35. The average molecular weight is 232 g/mol. The monoisotopic (exact) mass is 232 g/mol. The third-order valence-corrected chi connectivity index (χ3v) is 3.99. The molecule has 0 aromatic rings. The lowest BCUT2D eigenvalue weighted by Crippen LogP contribution is -2.27. The van der Waals surface area contributed by atoms with Gasteiger partial charge in [0, 0.05) is 12.3 Å². The molecule has 0 aromatic heterocycles. The molecule has 0 aliphatic carbocycles. The van der Waals surface area contributed by atoms with Gasteiger partial charge in [0.05, 0.1) is 18.4 Å². The van der Waals surface area contributed by atoms with E-state index in [4.69, 9.17) is 5.26 Å². The number of nitriles is 1. The van der Waals surface area contributed by atoms with E-state index in [1.165, 1.54) is 0 Å². The van der Waals surface area contributed by atoms with Gasteiger partial charge in [0.1, 0.15) is 9.84 Å². The quantitative estimate of drug-likeness (QED) is 0.587. The van der Waals surface area contributed by atoms with Gasteiger partial charge in [-0.1, -0.05) is 13.8 Å². The third kappa shape index (κ3) is 7.34. The minimum Gasteiger partial charge on any atom is -0.291 e. The summed E-state index contributed by atoms with van der Waals surface area (Å²) in [5.74, 6) is 0.439. The zero-order valence-corrected chi connectivity index (χ0v) is 10.4. The van der Waals surface area contributed by atoms with Crippen LogP contribution in [0.5, 0.6) is 0 Å². The van der Waals surface area contributed by atoms with Crippen LogP contribution in [0.25, 0.3) is 0 Å². The smallest absolute Gasteiger partial charge is 0.150 e. The fourth-order valence-corrected chi connectivity index (χ4v) is 2.20. The van der Waals surface area contributed by atoms with E-state index in [0.717, 1.165) is 13.0 Å². The number of sulfone groups is 1.